The summed E-state index contributed by atoms with van der Waals surface area (Å²) in [5.41, 5.74) is 3.74. The van der Waals surface area contributed by atoms with Crippen LogP contribution in [0, 0.1) is 13.8 Å². The summed E-state index contributed by atoms with van der Waals surface area (Å²) in [5, 5.41) is 6.47. The van der Waals surface area contributed by atoms with Gasteiger partial charge in [-0.3, -0.25) is 4.79 Å². The topological polar surface area (TPSA) is 62.7 Å². The summed E-state index contributed by atoms with van der Waals surface area (Å²) in [5.74, 6) is 0.628. The number of aryl methyl sites for hydroxylation is 2. The standard InChI is InChI=1S/C18H29N3O2.HI/c1-5-19-18(20-11-7-8-17(22)23-6-2)21-13-16-10-9-14(3)12-15(16)4;/h9-10,12H,5-8,11,13H2,1-4H3,(H2,19,20,21);1H. The van der Waals surface area contributed by atoms with Crippen LogP contribution in [0.15, 0.2) is 23.2 Å². The molecule has 0 amide bonds. The van der Waals surface area contributed by atoms with Gasteiger partial charge in [0.25, 0.3) is 0 Å². The van der Waals surface area contributed by atoms with Crippen molar-refractivity contribution in [2.75, 3.05) is 19.7 Å². The maximum absolute atomic E-state index is 11.3. The van der Waals surface area contributed by atoms with Gasteiger partial charge in [0.1, 0.15) is 0 Å². The van der Waals surface area contributed by atoms with Gasteiger partial charge < -0.3 is 15.4 Å². The first kappa shape index (κ1) is 22.7. The van der Waals surface area contributed by atoms with Crippen LogP contribution in [0.4, 0.5) is 0 Å². The Hall–Kier alpha value is -1.31. The lowest BCUT2D eigenvalue weighted by atomic mass is 10.1. The number of hydrogen-bond donors (Lipinski definition) is 2. The molecule has 136 valence electrons. The van der Waals surface area contributed by atoms with E-state index in [1.165, 1.54) is 16.7 Å². The van der Waals surface area contributed by atoms with Crippen LogP contribution < -0.4 is 10.6 Å². The molecule has 0 fully saturated rings. The van der Waals surface area contributed by atoms with Crippen LogP contribution in [0.5, 0.6) is 0 Å². The lowest BCUT2D eigenvalue weighted by molar-refractivity contribution is -0.143. The van der Waals surface area contributed by atoms with Gasteiger partial charge in [-0.05, 0) is 45.2 Å². The van der Waals surface area contributed by atoms with Crippen molar-refractivity contribution in [1.82, 2.24) is 10.6 Å². The molecule has 1 aromatic rings. The largest absolute Gasteiger partial charge is 0.466 e. The van der Waals surface area contributed by atoms with Gasteiger partial charge >= 0.3 is 5.97 Å². The van der Waals surface area contributed by atoms with Gasteiger partial charge in [-0.25, -0.2) is 4.99 Å². The number of carbonyl (C=O) groups excluding carboxylic acids is 1. The Bertz CT molecular complexity index is 533. The fraction of sp³-hybridized carbons (Fsp3) is 0.556. The third-order valence-electron chi connectivity index (χ3n) is 3.41. The molecule has 0 atom stereocenters. The Kier molecular flexibility index (Phi) is 12.3. The molecule has 0 saturated heterocycles. The predicted octanol–water partition coefficient (Wildman–Crippen LogP) is 3.32. The third-order valence-corrected chi connectivity index (χ3v) is 3.41. The Morgan fingerprint density at radius 1 is 1.21 bits per heavy atom. The molecular weight excluding hydrogens is 417 g/mol. The van der Waals surface area contributed by atoms with Crippen molar-refractivity contribution in [2.24, 2.45) is 4.99 Å². The highest BCUT2D eigenvalue weighted by molar-refractivity contribution is 14.0. The van der Waals surface area contributed by atoms with Crippen LogP contribution in [-0.4, -0.2) is 31.6 Å². The number of nitrogens with one attached hydrogen (secondary N) is 2. The fourth-order valence-corrected chi connectivity index (χ4v) is 2.20. The summed E-state index contributed by atoms with van der Waals surface area (Å²) in [6, 6.07) is 6.40. The molecule has 0 aromatic heterocycles. The summed E-state index contributed by atoms with van der Waals surface area (Å²) in [6.45, 7) is 10.6. The van der Waals surface area contributed by atoms with E-state index >= 15 is 0 Å². The van der Waals surface area contributed by atoms with Crippen molar-refractivity contribution in [2.45, 2.75) is 47.1 Å². The molecule has 1 rings (SSSR count). The van der Waals surface area contributed by atoms with E-state index in [-0.39, 0.29) is 29.9 Å². The lowest BCUT2D eigenvalue weighted by Gasteiger charge is -2.12. The van der Waals surface area contributed by atoms with Gasteiger partial charge in [-0.1, -0.05) is 23.8 Å². The molecule has 24 heavy (non-hydrogen) atoms. The zero-order valence-electron chi connectivity index (χ0n) is 15.1. The van der Waals surface area contributed by atoms with Crippen molar-refractivity contribution in [3.05, 3.63) is 34.9 Å². The van der Waals surface area contributed by atoms with E-state index in [4.69, 9.17) is 4.74 Å². The number of guanidine groups is 1. The quantitative estimate of drug-likeness (QED) is 0.211. The minimum atomic E-state index is -0.147. The second kappa shape index (κ2) is 13.0. The smallest absolute Gasteiger partial charge is 0.305 e. The number of rotatable bonds is 8. The number of halogens is 1. The van der Waals surface area contributed by atoms with Crippen molar-refractivity contribution in [3.63, 3.8) is 0 Å². The molecule has 0 aliphatic carbocycles. The van der Waals surface area contributed by atoms with Crippen molar-refractivity contribution >= 4 is 35.9 Å². The van der Waals surface area contributed by atoms with E-state index in [2.05, 4.69) is 47.7 Å². The number of esters is 1. The number of nitrogens with zero attached hydrogens (tertiary/aromatic N) is 1. The van der Waals surface area contributed by atoms with E-state index in [0.717, 1.165) is 18.9 Å². The maximum Gasteiger partial charge on any atom is 0.305 e. The molecule has 0 saturated carbocycles. The Labute approximate surface area is 162 Å². The molecule has 0 radical (unpaired) electrons. The summed E-state index contributed by atoms with van der Waals surface area (Å²) in [4.78, 5) is 15.9. The molecule has 2 N–H and O–H groups in total. The summed E-state index contributed by atoms with van der Waals surface area (Å²) in [7, 11) is 0. The number of hydrogen-bond acceptors (Lipinski definition) is 3. The molecular formula is C18H30IN3O2. The molecule has 0 spiro atoms. The normalized spacial score (nSPS) is 10.8. The summed E-state index contributed by atoms with van der Waals surface area (Å²) >= 11 is 0. The molecule has 0 unspecified atom stereocenters. The van der Waals surface area contributed by atoms with E-state index in [1.807, 2.05) is 13.8 Å². The van der Waals surface area contributed by atoms with Crippen LogP contribution in [0.2, 0.25) is 0 Å². The highest BCUT2D eigenvalue weighted by Crippen LogP contribution is 2.11. The summed E-state index contributed by atoms with van der Waals surface area (Å²) in [6.07, 6.45) is 1.16. The van der Waals surface area contributed by atoms with Crippen molar-refractivity contribution in [1.29, 1.82) is 0 Å². The van der Waals surface area contributed by atoms with Gasteiger partial charge in [0.05, 0.1) is 13.2 Å². The SMILES string of the molecule is CCNC(=NCc1ccc(C)cc1C)NCCCC(=O)OCC.I. The lowest BCUT2D eigenvalue weighted by Crippen LogP contribution is -2.37. The number of ether oxygens (including phenoxy) is 1. The zero-order valence-corrected chi connectivity index (χ0v) is 17.5. The number of carbonyl (C=O) groups is 1. The second-order valence-corrected chi connectivity index (χ2v) is 5.46. The first-order chi connectivity index (χ1) is 11.1. The Morgan fingerprint density at radius 3 is 2.58 bits per heavy atom. The average Bonchev–Trinajstić information content (AvgIpc) is 2.50. The zero-order chi connectivity index (χ0) is 17.1. The van der Waals surface area contributed by atoms with Crippen LogP contribution >= 0.6 is 24.0 Å². The second-order valence-electron chi connectivity index (χ2n) is 5.46. The molecule has 0 aliphatic rings. The van der Waals surface area contributed by atoms with Crippen molar-refractivity contribution < 1.29 is 9.53 Å². The molecule has 1 aromatic carbocycles. The average molecular weight is 447 g/mol. The first-order valence-electron chi connectivity index (χ1n) is 8.30. The Morgan fingerprint density at radius 2 is 1.96 bits per heavy atom. The molecule has 5 nitrogen and oxygen atoms in total. The van der Waals surface area contributed by atoms with Gasteiger partial charge in [0.2, 0.25) is 0 Å². The number of benzene rings is 1. The van der Waals surface area contributed by atoms with Crippen LogP contribution in [0.25, 0.3) is 0 Å². The van der Waals surface area contributed by atoms with Gasteiger partial charge in [-0.15, -0.1) is 24.0 Å². The monoisotopic (exact) mass is 447 g/mol. The Balaban J connectivity index is 0.00000529. The summed E-state index contributed by atoms with van der Waals surface area (Å²) < 4.78 is 4.91. The molecule has 0 heterocycles. The third kappa shape index (κ3) is 9.10. The van der Waals surface area contributed by atoms with E-state index in [9.17, 15) is 4.79 Å². The van der Waals surface area contributed by atoms with Crippen LogP contribution in [0.1, 0.15) is 43.4 Å². The molecule has 0 aliphatic heterocycles. The van der Waals surface area contributed by atoms with Gasteiger partial charge in [0.15, 0.2) is 5.96 Å². The number of aliphatic imine (C=N–C) groups is 1. The maximum atomic E-state index is 11.3. The highest BCUT2D eigenvalue weighted by atomic mass is 127. The van der Waals surface area contributed by atoms with Crippen LogP contribution in [-0.2, 0) is 16.1 Å². The molecule has 6 heteroatoms. The van der Waals surface area contributed by atoms with Gasteiger partial charge in [0, 0.05) is 19.5 Å². The van der Waals surface area contributed by atoms with Crippen molar-refractivity contribution in [3.8, 4) is 0 Å². The first-order valence-corrected chi connectivity index (χ1v) is 8.30. The van der Waals surface area contributed by atoms with Crippen LogP contribution in [0.3, 0.4) is 0 Å². The molecule has 0 bridgehead atoms. The van der Waals surface area contributed by atoms with E-state index in [0.29, 0.717) is 26.1 Å². The van der Waals surface area contributed by atoms with E-state index < -0.39 is 0 Å². The minimum absolute atomic E-state index is 0. The predicted molar refractivity (Wildman–Crippen MR) is 110 cm³/mol. The van der Waals surface area contributed by atoms with E-state index in [1.54, 1.807) is 0 Å². The highest BCUT2D eigenvalue weighted by Gasteiger charge is 2.03. The minimum Gasteiger partial charge on any atom is -0.466 e. The van der Waals surface area contributed by atoms with Gasteiger partial charge in [-0.2, -0.15) is 0 Å². The fourth-order valence-electron chi connectivity index (χ4n) is 2.20.